The number of thioether (sulfide) groups is 1. The van der Waals surface area contributed by atoms with E-state index in [9.17, 15) is 4.79 Å². The van der Waals surface area contributed by atoms with Crippen molar-refractivity contribution in [1.29, 1.82) is 0 Å². The molecule has 0 aliphatic carbocycles. The van der Waals surface area contributed by atoms with Gasteiger partial charge in [-0.15, -0.1) is 11.8 Å². The Morgan fingerprint density at radius 2 is 1.65 bits per heavy atom. The van der Waals surface area contributed by atoms with Crippen LogP contribution >= 0.6 is 11.8 Å². The van der Waals surface area contributed by atoms with Crippen LogP contribution in [0, 0.1) is 0 Å². The largest absolute Gasteiger partial charge is 0.351 e. The van der Waals surface area contributed by atoms with Crippen LogP contribution in [0.1, 0.15) is 18.1 Å². The molecule has 2 rings (SSSR count). The van der Waals surface area contributed by atoms with Gasteiger partial charge in [-0.1, -0.05) is 42.5 Å². The minimum atomic E-state index is -0.113. The van der Waals surface area contributed by atoms with Gasteiger partial charge in [0.25, 0.3) is 0 Å². The number of benzene rings is 2. The molecule has 0 radical (unpaired) electrons. The van der Waals surface area contributed by atoms with Gasteiger partial charge in [-0.3, -0.25) is 4.79 Å². The average Bonchev–Trinajstić information content (AvgIpc) is 2.54. The van der Waals surface area contributed by atoms with Gasteiger partial charge in [0.2, 0.25) is 5.91 Å². The van der Waals surface area contributed by atoms with Crippen molar-refractivity contribution in [1.82, 2.24) is 10.2 Å². The molecular formula is C19H24N2OS. The van der Waals surface area contributed by atoms with Crippen LogP contribution in [0.25, 0.3) is 0 Å². The Balaban J connectivity index is 1.91. The van der Waals surface area contributed by atoms with E-state index in [0.717, 1.165) is 11.4 Å². The molecule has 0 unspecified atom stereocenters. The Bertz CT molecular complexity index is 628. The summed E-state index contributed by atoms with van der Waals surface area (Å²) in [6.45, 7) is 3.39. The first-order valence-electron chi connectivity index (χ1n) is 7.77. The highest BCUT2D eigenvalue weighted by Gasteiger charge is 2.14. The number of nitrogens with zero attached hydrogens (tertiary/aromatic N) is 1. The van der Waals surface area contributed by atoms with Gasteiger partial charge in [-0.2, -0.15) is 0 Å². The van der Waals surface area contributed by atoms with E-state index < -0.39 is 0 Å². The summed E-state index contributed by atoms with van der Waals surface area (Å²) in [5.41, 5.74) is 2.42. The summed E-state index contributed by atoms with van der Waals surface area (Å²) in [6, 6.07) is 18.3. The van der Waals surface area contributed by atoms with Crippen molar-refractivity contribution in [2.24, 2.45) is 0 Å². The molecule has 2 aromatic rings. The minimum Gasteiger partial charge on any atom is -0.351 e. The van der Waals surface area contributed by atoms with E-state index in [1.807, 2.05) is 63.5 Å². The molecule has 2 aromatic carbocycles. The number of carbonyl (C=O) groups is 1. The Hall–Kier alpha value is -1.78. The molecule has 122 valence electrons. The fourth-order valence-electron chi connectivity index (χ4n) is 2.31. The molecule has 1 N–H and O–H groups in total. The Morgan fingerprint density at radius 3 is 2.30 bits per heavy atom. The molecule has 0 heterocycles. The second-order valence-electron chi connectivity index (χ2n) is 5.80. The average molecular weight is 328 g/mol. The van der Waals surface area contributed by atoms with Gasteiger partial charge in [0, 0.05) is 18.0 Å². The number of rotatable bonds is 7. The third kappa shape index (κ3) is 5.73. The van der Waals surface area contributed by atoms with E-state index >= 15 is 0 Å². The smallest absolute Gasteiger partial charge is 0.233 e. The maximum atomic E-state index is 12.3. The van der Waals surface area contributed by atoms with Crippen molar-refractivity contribution < 1.29 is 4.79 Å². The van der Waals surface area contributed by atoms with Crippen LogP contribution in [0.2, 0.25) is 0 Å². The Morgan fingerprint density at radius 1 is 1.04 bits per heavy atom. The van der Waals surface area contributed by atoms with Crippen molar-refractivity contribution in [2.75, 3.05) is 14.1 Å². The van der Waals surface area contributed by atoms with Crippen molar-refractivity contribution >= 4 is 17.7 Å². The lowest BCUT2D eigenvalue weighted by molar-refractivity contribution is -0.120. The monoisotopic (exact) mass is 328 g/mol. The molecule has 0 aliphatic rings. The summed E-state index contributed by atoms with van der Waals surface area (Å²) in [5.74, 6) is 0.0681. The van der Waals surface area contributed by atoms with Crippen LogP contribution < -0.4 is 5.32 Å². The molecule has 0 aromatic heterocycles. The fourth-order valence-corrected chi connectivity index (χ4v) is 3.22. The van der Waals surface area contributed by atoms with E-state index in [1.54, 1.807) is 11.8 Å². The first-order chi connectivity index (χ1) is 11.1. The summed E-state index contributed by atoms with van der Waals surface area (Å²) in [5, 5.41) is 2.94. The minimum absolute atomic E-state index is 0.0681. The topological polar surface area (TPSA) is 32.3 Å². The third-order valence-corrected chi connectivity index (χ3v) is 4.60. The van der Waals surface area contributed by atoms with E-state index in [-0.39, 0.29) is 11.2 Å². The van der Waals surface area contributed by atoms with E-state index in [2.05, 4.69) is 22.3 Å². The fraction of sp³-hybridized carbons (Fsp3) is 0.316. The SMILES string of the molecule is C[C@H](Sc1ccccc1)C(=O)NCc1ccccc1CN(C)C. The van der Waals surface area contributed by atoms with Crippen LogP contribution in [0.3, 0.4) is 0 Å². The molecule has 0 bridgehead atoms. The van der Waals surface area contributed by atoms with Crippen molar-refractivity contribution in [3.05, 3.63) is 65.7 Å². The maximum Gasteiger partial charge on any atom is 0.233 e. The summed E-state index contributed by atoms with van der Waals surface area (Å²) < 4.78 is 0. The van der Waals surface area contributed by atoms with E-state index in [1.165, 1.54) is 11.1 Å². The van der Waals surface area contributed by atoms with E-state index in [4.69, 9.17) is 0 Å². The Labute approximate surface area is 143 Å². The molecule has 0 saturated carbocycles. The van der Waals surface area contributed by atoms with Gasteiger partial charge in [0.1, 0.15) is 0 Å². The van der Waals surface area contributed by atoms with Crippen LogP contribution in [-0.2, 0) is 17.9 Å². The zero-order valence-corrected chi connectivity index (χ0v) is 14.8. The molecule has 0 fully saturated rings. The van der Waals surface area contributed by atoms with Crippen LogP contribution in [0.5, 0.6) is 0 Å². The molecule has 0 aliphatic heterocycles. The van der Waals surface area contributed by atoms with Crippen LogP contribution in [0.4, 0.5) is 0 Å². The highest BCUT2D eigenvalue weighted by atomic mass is 32.2. The number of carbonyl (C=O) groups excluding carboxylic acids is 1. The molecule has 23 heavy (non-hydrogen) atoms. The lowest BCUT2D eigenvalue weighted by atomic mass is 10.1. The standard InChI is InChI=1S/C19H24N2OS/c1-15(23-18-11-5-4-6-12-18)19(22)20-13-16-9-7-8-10-17(16)14-21(2)3/h4-12,15H,13-14H2,1-3H3,(H,20,22)/t15-/m0/s1. The number of amides is 1. The highest BCUT2D eigenvalue weighted by molar-refractivity contribution is 8.00. The van der Waals surface area contributed by atoms with Gasteiger partial charge >= 0.3 is 0 Å². The molecule has 3 nitrogen and oxygen atoms in total. The quantitative estimate of drug-likeness (QED) is 0.789. The molecule has 1 atom stereocenters. The summed E-state index contributed by atoms with van der Waals surface area (Å²) in [4.78, 5) is 15.6. The van der Waals surface area contributed by atoms with Gasteiger partial charge in [0.05, 0.1) is 5.25 Å². The number of hydrogen-bond acceptors (Lipinski definition) is 3. The lowest BCUT2D eigenvalue weighted by Gasteiger charge is -2.16. The zero-order valence-electron chi connectivity index (χ0n) is 14.0. The second-order valence-corrected chi connectivity index (χ2v) is 7.21. The molecule has 0 saturated heterocycles. The maximum absolute atomic E-state index is 12.3. The highest BCUT2D eigenvalue weighted by Crippen LogP contribution is 2.22. The molecule has 0 spiro atoms. The first kappa shape index (κ1) is 17.6. The van der Waals surface area contributed by atoms with E-state index in [0.29, 0.717) is 6.54 Å². The summed E-state index contributed by atoms with van der Waals surface area (Å²) >= 11 is 1.58. The van der Waals surface area contributed by atoms with Gasteiger partial charge in [-0.25, -0.2) is 0 Å². The van der Waals surface area contributed by atoms with Crippen molar-refractivity contribution in [2.45, 2.75) is 30.2 Å². The Kier molecular flexibility index (Phi) is 6.68. The predicted octanol–water partition coefficient (Wildman–Crippen LogP) is 3.55. The van der Waals surface area contributed by atoms with Gasteiger partial charge in [-0.05, 0) is 44.3 Å². The molecular weight excluding hydrogens is 304 g/mol. The lowest BCUT2D eigenvalue weighted by Crippen LogP contribution is -2.30. The van der Waals surface area contributed by atoms with Gasteiger partial charge < -0.3 is 10.2 Å². The molecule has 1 amide bonds. The van der Waals surface area contributed by atoms with Gasteiger partial charge in [0.15, 0.2) is 0 Å². The second kappa shape index (κ2) is 8.75. The summed E-state index contributed by atoms with van der Waals surface area (Å²) in [7, 11) is 4.10. The van der Waals surface area contributed by atoms with Crippen molar-refractivity contribution in [3.63, 3.8) is 0 Å². The van der Waals surface area contributed by atoms with Crippen molar-refractivity contribution in [3.8, 4) is 0 Å². The number of hydrogen-bond donors (Lipinski definition) is 1. The number of nitrogens with one attached hydrogen (secondary N) is 1. The third-order valence-electron chi connectivity index (χ3n) is 3.48. The van der Waals surface area contributed by atoms with Crippen LogP contribution in [0.15, 0.2) is 59.5 Å². The summed E-state index contributed by atoms with van der Waals surface area (Å²) in [6.07, 6.45) is 0. The molecule has 4 heteroatoms. The normalized spacial score (nSPS) is 12.2. The first-order valence-corrected chi connectivity index (χ1v) is 8.65. The predicted molar refractivity (Wildman–Crippen MR) is 97.4 cm³/mol. The van der Waals surface area contributed by atoms with Crippen LogP contribution in [-0.4, -0.2) is 30.2 Å². The zero-order chi connectivity index (χ0) is 16.7.